The Bertz CT molecular complexity index is 1070. The quantitative estimate of drug-likeness (QED) is 0.333. The number of hydrogen-bond donors (Lipinski definition) is 3. The largest absolute Gasteiger partial charge is 0.460 e. The average Bonchev–Trinajstić information content (AvgIpc) is 3.07. The molecule has 27 heavy (non-hydrogen) atoms. The van der Waals surface area contributed by atoms with Crippen LogP contribution in [0.5, 0.6) is 0 Å². The Kier molecular flexibility index (Phi) is 5.67. The first-order valence-electron chi connectivity index (χ1n) is 7.83. The van der Waals surface area contributed by atoms with Crippen molar-refractivity contribution in [1.82, 2.24) is 20.6 Å². The molecule has 10 heteroatoms. The molecule has 0 aliphatic heterocycles. The van der Waals surface area contributed by atoms with Gasteiger partial charge in [-0.1, -0.05) is 42.1 Å². The highest BCUT2D eigenvalue weighted by atomic mass is 32.2. The topological polar surface area (TPSA) is 133 Å². The van der Waals surface area contributed by atoms with Crippen LogP contribution in [0.2, 0.25) is 0 Å². The van der Waals surface area contributed by atoms with Gasteiger partial charge in [0.15, 0.2) is 5.03 Å². The molecule has 2 heterocycles. The maximum atomic E-state index is 12.6. The van der Waals surface area contributed by atoms with Crippen LogP contribution in [0.4, 0.5) is 0 Å². The van der Waals surface area contributed by atoms with Gasteiger partial charge in [-0.05, 0) is 24.6 Å². The second kappa shape index (κ2) is 8.32. The highest BCUT2D eigenvalue weighted by molar-refractivity contribution is 8.00. The molecular weight excluding hydrogens is 370 g/mol. The standard InChI is InChI=1S/C17H15N5O4S/c1-10-7-8-12(26-10)9-18-20-14(23)13(11-5-3-2-4-6-11)27-16-15(24)19-17(25)22-21-16/h2-9,13H,1H3,(H,20,23)(H2,19,22,24,25)/b18-9-. The number of amides is 1. The molecule has 3 N–H and O–H groups in total. The third-order valence-corrected chi connectivity index (χ3v) is 4.60. The molecule has 1 amide bonds. The lowest BCUT2D eigenvalue weighted by atomic mass is 10.1. The Hall–Kier alpha value is -3.40. The number of carbonyl (C=O) groups excluding carboxylic acids is 1. The smallest absolute Gasteiger partial charge is 0.342 e. The van der Waals surface area contributed by atoms with Gasteiger partial charge in [0.25, 0.3) is 11.5 Å². The van der Waals surface area contributed by atoms with Crippen molar-refractivity contribution in [3.63, 3.8) is 0 Å². The van der Waals surface area contributed by atoms with Crippen LogP contribution in [-0.4, -0.2) is 27.3 Å². The lowest BCUT2D eigenvalue weighted by Crippen LogP contribution is -2.28. The fourth-order valence-electron chi connectivity index (χ4n) is 2.17. The van der Waals surface area contributed by atoms with Crippen molar-refractivity contribution in [3.05, 3.63) is 80.4 Å². The number of hydrogen-bond acceptors (Lipinski definition) is 7. The lowest BCUT2D eigenvalue weighted by molar-refractivity contribution is -0.120. The molecule has 3 aromatic rings. The molecule has 0 bridgehead atoms. The van der Waals surface area contributed by atoms with Gasteiger partial charge in [-0.25, -0.2) is 15.3 Å². The summed E-state index contributed by atoms with van der Waals surface area (Å²) in [4.78, 5) is 37.7. The highest BCUT2D eigenvalue weighted by Gasteiger charge is 2.24. The summed E-state index contributed by atoms with van der Waals surface area (Å²) in [6, 6.07) is 12.3. The van der Waals surface area contributed by atoms with E-state index in [4.69, 9.17) is 4.42 Å². The Labute approximate surface area is 156 Å². The number of rotatable bonds is 6. The average molecular weight is 385 g/mol. The van der Waals surface area contributed by atoms with Crippen LogP contribution in [0.1, 0.15) is 22.3 Å². The molecule has 9 nitrogen and oxygen atoms in total. The summed E-state index contributed by atoms with van der Waals surface area (Å²) in [7, 11) is 0. The Morgan fingerprint density at radius 3 is 2.70 bits per heavy atom. The second-order valence-electron chi connectivity index (χ2n) is 5.40. The first kappa shape index (κ1) is 18.4. The van der Waals surface area contributed by atoms with Crippen LogP contribution >= 0.6 is 11.8 Å². The van der Waals surface area contributed by atoms with Gasteiger partial charge < -0.3 is 4.42 Å². The number of nitrogens with one attached hydrogen (secondary N) is 3. The molecule has 1 atom stereocenters. The van der Waals surface area contributed by atoms with Crippen molar-refractivity contribution in [2.24, 2.45) is 5.10 Å². The number of nitrogens with zero attached hydrogens (tertiary/aromatic N) is 2. The Morgan fingerprint density at radius 2 is 2.04 bits per heavy atom. The number of thioether (sulfide) groups is 1. The monoisotopic (exact) mass is 385 g/mol. The van der Waals surface area contributed by atoms with Gasteiger partial charge in [0.05, 0.1) is 6.21 Å². The number of hydrazone groups is 1. The van der Waals surface area contributed by atoms with Crippen molar-refractivity contribution in [2.75, 3.05) is 0 Å². The molecule has 0 aliphatic carbocycles. The number of H-pyrrole nitrogens is 2. The van der Waals surface area contributed by atoms with Crippen LogP contribution in [-0.2, 0) is 4.79 Å². The predicted octanol–water partition coefficient (Wildman–Crippen LogP) is 1.34. The third-order valence-electron chi connectivity index (χ3n) is 3.38. The normalized spacial score (nSPS) is 12.2. The molecule has 3 rings (SSSR count). The SMILES string of the molecule is Cc1ccc(/C=N\NC(=O)C(Sc2n[nH]c(=O)[nH]c2=O)c2ccccc2)o1. The molecule has 2 aromatic heterocycles. The minimum absolute atomic E-state index is 0.0377. The maximum Gasteiger partial charge on any atom is 0.342 e. The number of carbonyl (C=O) groups is 1. The summed E-state index contributed by atoms with van der Waals surface area (Å²) in [5.41, 5.74) is 1.68. The summed E-state index contributed by atoms with van der Waals surface area (Å²) < 4.78 is 5.34. The van der Waals surface area contributed by atoms with Crippen molar-refractivity contribution in [2.45, 2.75) is 17.2 Å². The third kappa shape index (κ3) is 4.82. The Balaban J connectivity index is 1.81. The summed E-state index contributed by atoms with van der Waals surface area (Å²) in [5, 5.41) is 8.89. The second-order valence-corrected chi connectivity index (χ2v) is 6.50. The number of furan rings is 1. The zero-order valence-electron chi connectivity index (χ0n) is 14.1. The van der Waals surface area contributed by atoms with E-state index < -0.39 is 22.4 Å². The van der Waals surface area contributed by atoms with E-state index in [0.29, 0.717) is 11.3 Å². The molecule has 1 aromatic carbocycles. The number of aryl methyl sites for hydroxylation is 1. The minimum Gasteiger partial charge on any atom is -0.460 e. The summed E-state index contributed by atoms with van der Waals surface area (Å²) >= 11 is 0.901. The van der Waals surface area contributed by atoms with E-state index in [1.807, 2.05) is 6.07 Å². The Morgan fingerprint density at radius 1 is 1.26 bits per heavy atom. The van der Waals surface area contributed by atoms with Gasteiger partial charge >= 0.3 is 5.69 Å². The summed E-state index contributed by atoms with van der Waals surface area (Å²) in [6.07, 6.45) is 1.38. The first-order chi connectivity index (χ1) is 13.0. The molecule has 0 saturated heterocycles. The van der Waals surface area contributed by atoms with Gasteiger partial charge in [-0.3, -0.25) is 14.6 Å². The van der Waals surface area contributed by atoms with Gasteiger partial charge in [-0.15, -0.1) is 0 Å². The number of benzene rings is 1. The van der Waals surface area contributed by atoms with Crippen molar-refractivity contribution >= 4 is 23.9 Å². The van der Waals surface area contributed by atoms with Gasteiger partial charge in [0, 0.05) is 0 Å². The van der Waals surface area contributed by atoms with Gasteiger partial charge in [-0.2, -0.15) is 10.2 Å². The zero-order chi connectivity index (χ0) is 19.2. The molecule has 0 saturated carbocycles. The van der Waals surface area contributed by atoms with E-state index >= 15 is 0 Å². The van der Waals surface area contributed by atoms with E-state index in [1.54, 1.807) is 43.3 Å². The molecule has 0 spiro atoms. The zero-order valence-corrected chi connectivity index (χ0v) is 14.9. The van der Waals surface area contributed by atoms with E-state index in [-0.39, 0.29) is 5.03 Å². The molecule has 0 aliphatic rings. The van der Waals surface area contributed by atoms with Crippen molar-refractivity contribution in [3.8, 4) is 0 Å². The summed E-state index contributed by atoms with van der Waals surface area (Å²) in [5.74, 6) is 0.762. The molecule has 0 radical (unpaired) electrons. The molecule has 0 fully saturated rings. The molecular formula is C17H15N5O4S. The first-order valence-corrected chi connectivity index (χ1v) is 8.71. The number of aromatic amines is 2. The van der Waals surface area contributed by atoms with Crippen LogP contribution in [0.25, 0.3) is 0 Å². The van der Waals surface area contributed by atoms with Gasteiger partial charge in [0.2, 0.25) is 0 Å². The lowest BCUT2D eigenvalue weighted by Gasteiger charge is -2.14. The summed E-state index contributed by atoms with van der Waals surface area (Å²) in [6.45, 7) is 1.80. The van der Waals surface area contributed by atoms with E-state index in [0.717, 1.165) is 17.5 Å². The van der Waals surface area contributed by atoms with Crippen LogP contribution in [0, 0.1) is 6.92 Å². The van der Waals surface area contributed by atoms with Crippen LogP contribution in [0.3, 0.4) is 0 Å². The van der Waals surface area contributed by atoms with E-state index in [9.17, 15) is 14.4 Å². The molecule has 1 unspecified atom stereocenters. The maximum absolute atomic E-state index is 12.6. The fraction of sp³-hybridized carbons (Fsp3) is 0.118. The van der Waals surface area contributed by atoms with E-state index in [1.165, 1.54) is 6.21 Å². The van der Waals surface area contributed by atoms with Crippen molar-refractivity contribution in [1.29, 1.82) is 0 Å². The number of aromatic nitrogens is 3. The molecule has 138 valence electrons. The van der Waals surface area contributed by atoms with Crippen LogP contribution in [0.15, 0.2) is 66.6 Å². The highest BCUT2D eigenvalue weighted by Crippen LogP contribution is 2.32. The predicted molar refractivity (Wildman–Crippen MR) is 99.7 cm³/mol. The van der Waals surface area contributed by atoms with E-state index in [2.05, 4.69) is 25.7 Å². The van der Waals surface area contributed by atoms with Crippen molar-refractivity contribution < 1.29 is 9.21 Å². The van der Waals surface area contributed by atoms with Gasteiger partial charge in [0.1, 0.15) is 16.8 Å². The fourth-order valence-corrected chi connectivity index (χ4v) is 3.10. The van der Waals surface area contributed by atoms with Crippen LogP contribution < -0.4 is 16.7 Å². The minimum atomic E-state index is -0.804.